The summed E-state index contributed by atoms with van der Waals surface area (Å²) in [5.41, 5.74) is 1.66. The number of fused-ring (bicyclic) bond motifs is 1. The number of ether oxygens (including phenoxy) is 2. The van der Waals surface area contributed by atoms with Crippen molar-refractivity contribution in [2.45, 2.75) is 12.1 Å². The van der Waals surface area contributed by atoms with Gasteiger partial charge in [-0.05, 0) is 28.5 Å². The lowest BCUT2D eigenvalue weighted by molar-refractivity contribution is -0.166. The fourth-order valence-electron chi connectivity index (χ4n) is 5.30. The van der Waals surface area contributed by atoms with Gasteiger partial charge in [0.1, 0.15) is 0 Å². The van der Waals surface area contributed by atoms with Crippen LogP contribution in [-0.2, 0) is 26.4 Å². The van der Waals surface area contributed by atoms with Crippen molar-refractivity contribution < 1.29 is 14.3 Å². The molecule has 164 valence electrons. The summed E-state index contributed by atoms with van der Waals surface area (Å²) in [7, 11) is 1.58. The molecule has 32 heavy (non-hydrogen) atoms. The van der Waals surface area contributed by atoms with Gasteiger partial charge in [-0.3, -0.25) is 4.90 Å². The topological polar surface area (TPSA) is 38.8 Å². The van der Waals surface area contributed by atoms with Crippen LogP contribution in [-0.4, -0.2) is 37.7 Å². The number of hydrogen-bond donors (Lipinski definition) is 0. The van der Waals surface area contributed by atoms with Crippen LogP contribution in [0.1, 0.15) is 16.7 Å². The summed E-state index contributed by atoms with van der Waals surface area (Å²) in [5, 5.41) is 0. The molecule has 0 spiro atoms. The molecule has 1 heterocycles. The number of carbonyl (C=O) groups excluding carboxylic acids is 1. The Hall–Kier alpha value is -2.95. The Balaban J connectivity index is 1.24. The molecule has 1 saturated carbocycles. The van der Waals surface area contributed by atoms with E-state index in [0.717, 1.165) is 30.8 Å². The van der Waals surface area contributed by atoms with Crippen molar-refractivity contribution in [2.24, 2.45) is 17.8 Å². The Labute approximate surface area is 189 Å². The van der Waals surface area contributed by atoms with Crippen molar-refractivity contribution in [3.05, 3.63) is 108 Å². The second-order valence-electron chi connectivity index (χ2n) is 8.89. The van der Waals surface area contributed by atoms with E-state index in [0.29, 0.717) is 24.4 Å². The average molecular weight is 428 g/mol. The molecule has 0 aromatic heterocycles. The molecule has 3 aromatic carbocycles. The van der Waals surface area contributed by atoms with Gasteiger partial charge in [-0.15, -0.1) is 0 Å². The Kier molecular flexibility index (Phi) is 5.81. The van der Waals surface area contributed by atoms with Gasteiger partial charge in [0.2, 0.25) is 5.60 Å². The van der Waals surface area contributed by atoms with Crippen LogP contribution in [0.2, 0.25) is 0 Å². The van der Waals surface area contributed by atoms with E-state index in [1.54, 1.807) is 7.11 Å². The summed E-state index contributed by atoms with van der Waals surface area (Å²) in [4.78, 5) is 16.0. The molecule has 4 heteroatoms. The number of piperidine rings is 1. The van der Waals surface area contributed by atoms with E-state index in [1.807, 2.05) is 60.7 Å². The molecule has 2 aliphatic rings. The number of methoxy groups -OCH3 is 1. The van der Waals surface area contributed by atoms with E-state index in [2.05, 4.69) is 35.2 Å². The molecular formula is C28H29NO3. The van der Waals surface area contributed by atoms with Gasteiger partial charge in [-0.1, -0.05) is 91.0 Å². The Morgan fingerprint density at radius 2 is 1.34 bits per heavy atom. The van der Waals surface area contributed by atoms with Gasteiger partial charge in [-0.25, -0.2) is 4.79 Å². The van der Waals surface area contributed by atoms with Crippen molar-refractivity contribution in [3.8, 4) is 0 Å². The minimum atomic E-state index is -1.26. The van der Waals surface area contributed by atoms with Crippen LogP contribution >= 0.6 is 0 Å². The zero-order valence-electron chi connectivity index (χ0n) is 18.4. The van der Waals surface area contributed by atoms with Gasteiger partial charge >= 0.3 is 5.97 Å². The SMILES string of the molecule is COC(C(=O)OCC1C2CN(Cc3ccccc3)CC12)(c1ccccc1)c1ccccc1. The van der Waals surface area contributed by atoms with E-state index < -0.39 is 5.60 Å². The lowest BCUT2D eigenvalue weighted by Gasteiger charge is -2.31. The second kappa shape index (κ2) is 8.89. The van der Waals surface area contributed by atoms with E-state index in [1.165, 1.54) is 5.56 Å². The summed E-state index contributed by atoms with van der Waals surface area (Å²) >= 11 is 0. The number of carbonyl (C=O) groups is 1. The van der Waals surface area contributed by atoms with Crippen molar-refractivity contribution in [1.82, 2.24) is 4.90 Å². The molecule has 2 atom stereocenters. The van der Waals surface area contributed by atoms with Gasteiger partial charge in [0, 0.05) is 32.7 Å². The van der Waals surface area contributed by atoms with Crippen LogP contribution in [0.5, 0.6) is 0 Å². The molecule has 3 aromatic rings. The van der Waals surface area contributed by atoms with E-state index in [4.69, 9.17) is 9.47 Å². The van der Waals surface area contributed by atoms with Crippen molar-refractivity contribution in [3.63, 3.8) is 0 Å². The minimum Gasteiger partial charge on any atom is -0.463 e. The van der Waals surface area contributed by atoms with Crippen LogP contribution in [0.3, 0.4) is 0 Å². The first-order valence-electron chi connectivity index (χ1n) is 11.3. The van der Waals surface area contributed by atoms with Crippen LogP contribution < -0.4 is 0 Å². The third-order valence-electron chi connectivity index (χ3n) is 7.06. The maximum absolute atomic E-state index is 13.5. The highest BCUT2D eigenvalue weighted by Gasteiger charge is 2.56. The van der Waals surface area contributed by atoms with Crippen LogP contribution in [0.25, 0.3) is 0 Å². The maximum atomic E-state index is 13.5. The minimum absolute atomic E-state index is 0.344. The third kappa shape index (κ3) is 3.85. The lowest BCUT2D eigenvalue weighted by atomic mass is 9.86. The zero-order chi connectivity index (χ0) is 22.0. The number of likely N-dealkylation sites (tertiary alicyclic amines) is 1. The standard InChI is InChI=1S/C28H29NO3/c1-31-28(22-13-7-3-8-14-22,23-15-9-4-10-16-23)27(30)32-20-26-24-18-29(19-25(24)26)17-21-11-5-2-6-12-21/h2-16,24-26H,17-20H2,1H3. The third-order valence-corrected chi connectivity index (χ3v) is 7.06. The van der Waals surface area contributed by atoms with Crippen LogP contribution in [0, 0.1) is 17.8 Å². The smallest absolute Gasteiger partial charge is 0.347 e. The first-order chi connectivity index (χ1) is 15.7. The summed E-state index contributed by atoms with van der Waals surface area (Å²) in [6, 6.07) is 29.9. The molecule has 5 rings (SSSR count). The molecule has 4 nitrogen and oxygen atoms in total. The molecule has 1 aliphatic heterocycles. The van der Waals surface area contributed by atoms with Crippen molar-refractivity contribution in [2.75, 3.05) is 26.8 Å². The lowest BCUT2D eigenvalue weighted by Crippen LogP contribution is -2.41. The quantitative estimate of drug-likeness (QED) is 0.496. The first kappa shape index (κ1) is 20.9. The first-order valence-corrected chi connectivity index (χ1v) is 11.3. The van der Waals surface area contributed by atoms with Crippen molar-refractivity contribution >= 4 is 5.97 Å². The highest BCUT2D eigenvalue weighted by Crippen LogP contribution is 2.52. The molecule has 0 N–H and O–H groups in total. The molecule has 0 radical (unpaired) electrons. The van der Waals surface area contributed by atoms with Crippen LogP contribution in [0.4, 0.5) is 0 Å². The second-order valence-corrected chi connectivity index (χ2v) is 8.89. The van der Waals surface area contributed by atoms with E-state index in [9.17, 15) is 4.79 Å². The number of rotatable bonds is 8. The fourth-order valence-corrected chi connectivity index (χ4v) is 5.30. The highest BCUT2D eigenvalue weighted by atomic mass is 16.6. The zero-order valence-corrected chi connectivity index (χ0v) is 18.4. The van der Waals surface area contributed by atoms with E-state index >= 15 is 0 Å². The van der Waals surface area contributed by atoms with Crippen molar-refractivity contribution in [1.29, 1.82) is 0 Å². The predicted octanol–water partition coefficient (Wildman–Crippen LogP) is 4.50. The Morgan fingerprint density at radius 3 is 1.84 bits per heavy atom. The van der Waals surface area contributed by atoms with Gasteiger partial charge in [0.25, 0.3) is 0 Å². The van der Waals surface area contributed by atoms with Gasteiger partial charge in [0.15, 0.2) is 0 Å². The van der Waals surface area contributed by atoms with E-state index in [-0.39, 0.29) is 5.97 Å². The number of benzene rings is 3. The molecule has 2 fully saturated rings. The molecule has 2 unspecified atom stereocenters. The summed E-state index contributed by atoms with van der Waals surface area (Å²) < 4.78 is 11.9. The summed E-state index contributed by atoms with van der Waals surface area (Å²) in [6.07, 6.45) is 0. The van der Waals surface area contributed by atoms with Crippen LogP contribution in [0.15, 0.2) is 91.0 Å². The molecular weight excluding hydrogens is 398 g/mol. The Morgan fingerprint density at radius 1 is 0.844 bits per heavy atom. The number of hydrogen-bond acceptors (Lipinski definition) is 4. The van der Waals surface area contributed by atoms with Gasteiger partial charge < -0.3 is 9.47 Å². The largest absolute Gasteiger partial charge is 0.463 e. The highest BCUT2D eigenvalue weighted by molar-refractivity contribution is 5.85. The van der Waals surface area contributed by atoms with Gasteiger partial charge in [-0.2, -0.15) is 0 Å². The number of esters is 1. The van der Waals surface area contributed by atoms with Gasteiger partial charge in [0.05, 0.1) is 6.61 Å². The molecule has 0 amide bonds. The average Bonchev–Trinajstić information content (AvgIpc) is 3.31. The molecule has 0 bridgehead atoms. The normalized spacial score (nSPS) is 22.3. The fraction of sp³-hybridized carbons (Fsp3) is 0.321. The summed E-state index contributed by atoms with van der Waals surface area (Å²) in [6.45, 7) is 3.61. The monoisotopic (exact) mass is 427 g/mol. The predicted molar refractivity (Wildman–Crippen MR) is 124 cm³/mol. The molecule has 1 saturated heterocycles. The molecule has 1 aliphatic carbocycles. The maximum Gasteiger partial charge on any atom is 0.347 e. The number of nitrogens with zero attached hydrogens (tertiary/aromatic N) is 1. The Bertz CT molecular complexity index is 987. The summed E-state index contributed by atoms with van der Waals surface area (Å²) in [5.74, 6) is 1.35.